The molecule has 0 radical (unpaired) electrons. The van der Waals surface area contributed by atoms with Gasteiger partial charge in [0.15, 0.2) is 0 Å². The Morgan fingerprint density at radius 2 is 2.17 bits per heavy atom. The van der Waals surface area contributed by atoms with E-state index in [4.69, 9.17) is 10.00 Å². The average molecular weight is 400 g/mol. The highest BCUT2D eigenvalue weighted by atomic mass is 16.5. The SMILES string of the molecule is COc1ccc2[nH]cc(C3=CCN(CCC(=O)Nc4ccccc4C#N)CC3)c2c1. The molecule has 0 fully saturated rings. The third-order valence-corrected chi connectivity index (χ3v) is 5.50. The minimum Gasteiger partial charge on any atom is -0.497 e. The van der Waals surface area contributed by atoms with Gasteiger partial charge in [-0.1, -0.05) is 18.2 Å². The molecule has 1 aliphatic rings. The number of aromatic nitrogens is 1. The molecule has 30 heavy (non-hydrogen) atoms. The van der Waals surface area contributed by atoms with E-state index in [0.717, 1.165) is 30.8 Å². The first-order valence-electron chi connectivity index (χ1n) is 10.0. The van der Waals surface area contributed by atoms with Crippen molar-refractivity contribution < 1.29 is 9.53 Å². The highest BCUT2D eigenvalue weighted by molar-refractivity contribution is 5.94. The number of para-hydroxylation sites is 1. The molecule has 152 valence electrons. The van der Waals surface area contributed by atoms with Crippen molar-refractivity contribution in [2.24, 2.45) is 0 Å². The van der Waals surface area contributed by atoms with Crippen LogP contribution in [0, 0.1) is 11.3 Å². The van der Waals surface area contributed by atoms with Crippen LogP contribution < -0.4 is 10.1 Å². The van der Waals surface area contributed by atoms with E-state index in [2.05, 4.69) is 39.6 Å². The summed E-state index contributed by atoms with van der Waals surface area (Å²) < 4.78 is 5.37. The molecule has 1 aromatic heterocycles. The number of anilines is 1. The van der Waals surface area contributed by atoms with Gasteiger partial charge in [0.2, 0.25) is 5.91 Å². The molecule has 0 atom stereocenters. The van der Waals surface area contributed by atoms with Gasteiger partial charge < -0.3 is 15.0 Å². The van der Waals surface area contributed by atoms with Crippen molar-refractivity contribution in [3.8, 4) is 11.8 Å². The van der Waals surface area contributed by atoms with Crippen molar-refractivity contribution in [2.75, 3.05) is 32.1 Å². The van der Waals surface area contributed by atoms with Gasteiger partial charge in [0.25, 0.3) is 0 Å². The lowest BCUT2D eigenvalue weighted by Gasteiger charge is -2.26. The summed E-state index contributed by atoms with van der Waals surface area (Å²) >= 11 is 0. The maximum atomic E-state index is 12.3. The van der Waals surface area contributed by atoms with Crippen LogP contribution in [-0.4, -0.2) is 42.5 Å². The number of ether oxygens (including phenoxy) is 1. The maximum Gasteiger partial charge on any atom is 0.225 e. The van der Waals surface area contributed by atoms with E-state index >= 15 is 0 Å². The summed E-state index contributed by atoms with van der Waals surface area (Å²) in [5.74, 6) is 0.779. The molecule has 0 saturated carbocycles. The Hall–Kier alpha value is -3.56. The Balaban J connectivity index is 1.35. The molecule has 0 spiro atoms. The topological polar surface area (TPSA) is 81.2 Å². The maximum absolute atomic E-state index is 12.3. The lowest BCUT2D eigenvalue weighted by Crippen LogP contribution is -2.31. The minimum absolute atomic E-state index is 0.0730. The molecule has 6 heteroatoms. The van der Waals surface area contributed by atoms with E-state index in [1.54, 1.807) is 25.3 Å². The van der Waals surface area contributed by atoms with Crippen molar-refractivity contribution in [3.63, 3.8) is 0 Å². The van der Waals surface area contributed by atoms with Crippen LogP contribution in [0.3, 0.4) is 0 Å². The number of rotatable bonds is 6. The molecule has 0 bridgehead atoms. The van der Waals surface area contributed by atoms with Crippen LogP contribution >= 0.6 is 0 Å². The predicted octanol–water partition coefficient (Wildman–Crippen LogP) is 4.17. The van der Waals surface area contributed by atoms with E-state index < -0.39 is 0 Å². The van der Waals surface area contributed by atoms with Crippen LogP contribution in [0.25, 0.3) is 16.5 Å². The number of hydrogen-bond acceptors (Lipinski definition) is 4. The number of nitrogens with zero attached hydrogens (tertiary/aromatic N) is 2. The summed E-state index contributed by atoms with van der Waals surface area (Å²) in [6, 6.07) is 15.2. The number of hydrogen-bond donors (Lipinski definition) is 2. The van der Waals surface area contributed by atoms with Crippen LogP contribution in [-0.2, 0) is 4.79 Å². The van der Waals surface area contributed by atoms with Crippen molar-refractivity contribution in [1.29, 1.82) is 5.26 Å². The lowest BCUT2D eigenvalue weighted by molar-refractivity contribution is -0.116. The minimum atomic E-state index is -0.0730. The van der Waals surface area contributed by atoms with Gasteiger partial charge >= 0.3 is 0 Å². The Labute approximate surface area is 175 Å². The number of carbonyl (C=O) groups excluding carboxylic acids is 1. The first-order chi connectivity index (χ1) is 14.7. The number of carbonyl (C=O) groups is 1. The van der Waals surface area contributed by atoms with Gasteiger partial charge in [-0.05, 0) is 42.3 Å². The Kier molecular flexibility index (Phi) is 5.82. The Morgan fingerprint density at radius 1 is 1.30 bits per heavy atom. The van der Waals surface area contributed by atoms with Crippen molar-refractivity contribution >= 4 is 28.1 Å². The monoisotopic (exact) mass is 400 g/mol. The highest BCUT2D eigenvalue weighted by Crippen LogP contribution is 2.31. The fourth-order valence-electron chi connectivity index (χ4n) is 3.81. The van der Waals surface area contributed by atoms with Crippen molar-refractivity contribution in [2.45, 2.75) is 12.8 Å². The second-order valence-corrected chi connectivity index (χ2v) is 7.35. The fraction of sp³-hybridized carbons (Fsp3) is 0.250. The molecule has 1 aliphatic heterocycles. The zero-order valence-electron chi connectivity index (χ0n) is 16.9. The van der Waals surface area contributed by atoms with Gasteiger partial charge in [-0.15, -0.1) is 0 Å². The Bertz CT molecular complexity index is 1140. The summed E-state index contributed by atoms with van der Waals surface area (Å²) in [6.07, 6.45) is 5.64. The van der Waals surface area contributed by atoms with E-state index in [1.165, 1.54) is 16.5 Å². The molecule has 4 rings (SSSR count). The average Bonchev–Trinajstić information content (AvgIpc) is 3.21. The van der Waals surface area contributed by atoms with Crippen molar-refractivity contribution in [3.05, 3.63) is 65.9 Å². The Morgan fingerprint density at radius 3 is 2.93 bits per heavy atom. The van der Waals surface area contributed by atoms with Gasteiger partial charge in [-0.25, -0.2) is 0 Å². The van der Waals surface area contributed by atoms with E-state index in [0.29, 0.717) is 24.2 Å². The highest BCUT2D eigenvalue weighted by Gasteiger charge is 2.17. The molecular weight excluding hydrogens is 376 g/mol. The van der Waals surface area contributed by atoms with E-state index in [-0.39, 0.29) is 5.91 Å². The van der Waals surface area contributed by atoms with Gasteiger partial charge in [-0.3, -0.25) is 9.69 Å². The predicted molar refractivity (Wildman–Crippen MR) is 118 cm³/mol. The molecule has 0 saturated heterocycles. The fourth-order valence-corrected chi connectivity index (χ4v) is 3.81. The summed E-state index contributed by atoms with van der Waals surface area (Å²) in [5, 5.41) is 13.2. The molecule has 1 amide bonds. The van der Waals surface area contributed by atoms with Gasteiger partial charge in [0.05, 0.1) is 18.4 Å². The number of nitriles is 1. The van der Waals surface area contributed by atoms with E-state index in [9.17, 15) is 4.79 Å². The number of nitrogens with one attached hydrogen (secondary N) is 2. The molecule has 0 aliphatic carbocycles. The standard InChI is InChI=1S/C24H24N4O2/c1-30-19-6-7-23-20(14-19)21(16-26-23)17-8-11-28(12-9-17)13-10-24(29)27-22-5-3-2-4-18(22)15-25/h2-8,14,16,26H,9-13H2,1H3,(H,27,29). The third-order valence-electron chi connectivity index (χ3n) is 5.50. The summed E-state index contributed by atoms with van der Waals surface area (Å²) in [6.45, 7) is 2.41. The molecule has 2 aromatic carbocycles. The van der Waals surface area contributed by atoms with Gasteiger partial charge in [0, 0.05) is 48.7 Å². The van der Waals surface area contributed by atoms with Crippen LogP contribution in [0.2, 0.25) is 0 Å². The molecule has 2 N–H and O–H groups in total. The van der Waals surface area contributed by atoms with Gasteiger partial charge in [-0.2, -0.15) is 5.26 Å². The molecule has 6 nitrogen and oxygen atoms in total. The molecule has 3 aromatic rings. The number of amides is 1. The van der Waals surface area contributed by atoms with Crippen LogP contribution in [0.5, 0.6) is 5.75 Å². The molecular formula is C24H24N4O2. The van der Waals surface area contributed by atoms with Crippen LogP contribution in [0.4, 0.5) is 5.69 Å². The zero-order valence-corrected chi connectivity index (χ0v) is 16.9. The normalized spacial score (nSPS) is 14.2. The first-order valence-corrected chi connectivity index (χ1v) is 10.0. The van der Waals surface area contributed by atoms with Gasteiger partial charge in [0.1, 0.15) is 11.8 Å². The third kappa shape index (κ3) is 4.22. The smallest absolute Gasteiger partial charge is 0.225 e. The summed E-state index contributed by atoms with van der Waals surface area (Å²) in [4.78, 5) is 17.9. The number of aromatic amines is 1. The molecule has 0 unspecified atom stereocenters. The van der Waals surface area contributed by atoms with Crippen LogP contribution in [0.1, 0.15) is 24.0 Å². The quantitative estimate of drug-likeness (QED) is 0.651. The summed E-state index contributed by atoms with van der Waals surface area (Å²) in [5.41, 5.74) is 4.68. The lowest BCUT2D eigenvalue weighted by atomic mass is 9.98. The number of fused-ring (bicyclic) bond motifs is 1. The first kappa shape index (κ1) is 19.7. The second kappa shape index (κ2) is 8.85. The second-order valence-electron chi connectivity index (χ2n) is 7.35. The summed E-state index contributed by atoms with van der Waals surface area (Å²) in [7, 11) is 1.68. The number of benzene rings is 2. The number of methoxy groups -OCH3 is 1. The largest absolute Gasteiger partial charge is 0.497 e. The number of H-pyrrole nitrogens is 1. The van der Waals surface area contributed by atoms with E-state index in [1.807, 2.05) is 18.2 Å². The molecule has 2 heterocycles. The van der Waals surface area contributed by atoms with Crippen LogP contribution in [0.15, 0.2) is 54.7 Å². The van der Waals surface area contributed by atoms with Crippen molar-refractivity contribution in [1.82, 2.24) is 9.88 Å². The zero-order chi connectivity index (χ0) is 20.9.